The van der Waals surface area contributed by atoms with Gasteiger partial charge in [-0.05, 0) is 23.8 Å². The van der Waals surface area contributed by atoms with Crippen LogP contribution in [0, 0.1) is 0 Å². The minimum absolute atomic E-state index is 0.143. The topological polar surface area (TPSA) is 83.9 Å². The molecule has 0 spiro atoms. The van der Waals surface area contributed by atoms with Crippen molar-refractivity contribution >= 4 is 27.8 Å². The fourth-order valence-electron chi connectivity index (χ4n) is 2.53. The molecular formula is C13H15NO5S2. The molecule has 1 N–H and O–H groups in total. The average molecular weight is 329 g/mol. The van der Waals surface area contributed by atoms with Gasteiger partial charge in [0.15, 0.2) is 0 Å². The van der Waals surface area contributed by atoms with Crippen LogP contribution in [-0.2, 0) is 21.2 Å². The molecule has 114 valence electrons. The second kappa shape index (κ2) is 5.51. The molecule has 2 heterocycles. The number of carboxylic acids is 1. The maximum absolute atomic E-state index is 12.7. The van der Waals surface area contributed by atoms with Gasteiger partial charge in [0.25, 0.3) is 0 Å². The minimum Gasteiger partial charge on any atom is -0.493 e. The zero-order valence-corrected chi connectivity index (χ0v) is 12.8. The van der Waals surface area contributed by atoms with Gasteiger partial charge in [-0.1, -0.05) is 0 Å². The predicted octanol–water partition coefficient (Wildman–Crippen LogP) is 0.812. The van der Waals surface area contributed by atoms with Crippen LogP contribution < -0.4 is 4.74 Å². The average Bonchev–Trinajstić information content (AvgIpc) is 2.94. The van der Waals surface area contributed by atoms with Crippen molar-refractivity contribution in [1.82, 2.24) is 4.31 Å². The summed E-state index contributed by atoms with van der Waals surface area (Å²) in [4.78, 5) is 11.4. The SMILES string of the molecule is O=C(O)C1CSCCN1S(=O)(=O)c1ccc2c(c1)CCO2. The molecule has 0 bridgehead atoms. The van der Waals surface area contributed by atoms with Crippen LogP contribution in [0.4, 0.5) is 0 Å². The van der Waals surface area contributed by atoms with Crippen LogP contribution in [0.5, 0.6) is 5.75 Å². The maximum atomic E-state index is 12.7. The van der Waals surface area contributed by atoms with E-state index in [1.54, 1.807) is 12.1 Å². The Labute approximate surface area is 127 Å². The van der Waals surface area contributed by atoms with Gasteiger partial charge in [-0.2, -0.15) is 16.1 Å². The quantitative estimate of drug-likeness (QED) is 0.883. The van der Waals surface area contributed by atoms with Gasteiger partial charge in [0, 0.05) is 24.5 Å². The summed E-state index contributed by atoms with van der Waals surface area (Å²) >= 11 is 1.46. The Morgan fingerprint density at radius 1 is 1.43 bits per heavy atom. The van der Waals surface area contributed by atoms with E-state index < -0.39 is 22.0 Å². The molecule has 3 rings (SSSR count). The van der Waals surface area contributed by atoms with Gasteiger partial charge in [0.2, 0.25) is 10.0 Å². The highest BCUT2D eigenvalue weighted by Gasteiger charge is 2.38. The Balaban J connectivity index is 1.97. The number of benzene rings is 1. The zero-order chi connectivity index (χ0) is 15.0. The highest BCUT2D eigenvalue weighted by molar-refractivity contribution is 7.99. The molecule has 0 saturated carbocycles. The molecule has 1 saturated heterocycles. The Bertz CT molecular complexity index is 673. The maximum Gasteiger partial charge on any atom is 0.322 e. The normalized spacial score (nSPS) is 22.6. The van der Waals surface area contributed by atoms with Crippen molar-refractivity contribution in [3.63, 3.8) is 0 Å². The highest BCUT2D eigenvalue weighted by Crippen LogP contribution is 2.30. The lowest BCUT2D eigenvalue weighted by atomic mass is 10.2. The molecular weight excluding hydrogens is 314 g/mol. The van der Waals surface area contributed by atoms with E-state index in [1.807, 2.05) is 0 Å². The summed E-state index contributed by atoms with van der Waals surface area (Å²) < 4.78 is 31.9. The predicted molar refractivity (Wildman–Crippen MR) is 78.3 cm³/mol. The molecule has 0 aliphatic carbocycles. The first-order valence-electron chi connectivity index (χ1n) is 6.58. The van der Waals surface area contributed by atoms with Crippen molar-refractivity contribution < 1.29 is 23.1 Å². The number of aliphatic carboxylic acids is 1. The third-order valence-electron chi connectivity index (χ3n) is 3.63. The number of carbonyl (C=O) groups is 1. The van der Waals surface area contributed by atoms with Crippen molar-refractivity contribution in [1.29, 1.82) is 0 Å². The monoisotopic (exact) mass is 329 g/mol. The number of sulfonamides is 1. The van der Waals surface area contributed by atoms with Gasteiger partial charge in [-0.15, -0.1) is 0 Å². The smallest absolute Gasteiger partial charge is 0.322 e. The van der Waals surface area contributed by atoms with Crippen molar-refractivity contribution in [2.75, 3.05) is 24.7 Å². The van der Waals surface area contributed by atoms with Gasteiger partial charge in [0.1, 0.15) is 11.8 Å². The van der Waals surface area contributed by atoms with E-state index in [0.29, 0.717) is 24.5 Å². The van der Waals surface area contributed by atoms with E-state index in [4.69, 9.17) is 4.74 Å². The second-order valence-corrected chi connectivity index (χ2v) is 7.95. The second-order valence-electron chi connectivity index (χ2n) is 4.91. The molecule has 1 fully saturated rings. The molecule has 1 aromatic carbocycles. The number of thioether (sulfide) groups is 1. The van der Waals surface area contributed by atoms with Crippen LogP contribution >= 0.6 is 11.8 Å². The van der Waals surface area contributed by atoms with E-state index in [9.17, 15) is 18.3 Å². The van der Waals surface area contributed by atoms with E-state index >= 15 is 0 Å². The third-order valence-corrected chi connectivity index (χ3v) is 6.56. The van der Waals surface area contributed by atoms with Crippen LogP contribution in [0.3, 0.4) is 0 Å². The number of hydrogen-bond donors (Lipinski definition) is 1. The molecule has 0 amide bonds. The number of carboxylic acid groups (broad SMARTS) is 1. The van der Waals surface area contributed by atoms with Crippen molar-refractivity contribution in [2.24, 2.45) is 0 Å². The van der Waals surface area contributed by atoms with Crippen molar-refractivity contribution in [3.05, 3.63) is 23.8 Å². The molecule has 1 aromatic rings. The summed E-state index contributed by atoms with van der Waals surface area (Å²) in [5.41, 5.74) is 0.856. The molecule has 1 atom stereocenters. The van der Waals surface area contributed by atoms with E-state index in [2.05, 4.69) is 0 Å². The number of rotatable bonds is 3. The largest absolute Gasteiger partial charge is 0.493 e. The van der Waals surface area contributed by atoms with Crippen LogP contribution in [0.2, 0.25) is 0 Å². The zero-order valence-electron chi connectivity index (χ0n) is 11.2. The minimum atomic E-state index is -3.79. The van der Waals surface area contributed by atoms with Crippen LogP contribution in [0.15, 0.2) is 23.1 Å². The van der Waals surface area contributed by atoms with E-state index in [0.717, 1.165) is 9.87 Å². The Morgan fingerprint density at radius 3 is 3.00 bits per heavy atom. The van der Waals surface area contributed by atoms with Crippen LogP contribution in [0.25, 0.3) is 0 Å². The standard InChI is InChI=1S/C13H15NO5S2/c15-13(16)11-8-20-6-4-14(11)21(17,18)10-1-2-12-9(7-10)3-5-19-12/h1-2,7,11H,3-6,8H2,(H,15,16). The summed E-state index contributed by atoms with van der Waals surface area (Å²) in [5.74, 6) is 0.493. The van der Waals surface area contributed by atoms with Crippen molar-refractivity contribution in [2.45, 2.75) is 17.4 Å². The van der Waals surface area contributed by atoms with Crippen LogP contribution in [0.1, 0.15) is 5.56 Å². The Kier molecular flexibility index (Phi) is 3.85. The lowest BCUT2D eigenvalue weighted by Gasteiger charge is -2.31. The molecule has 21 heavy (non-hydrogen) atoms. The number of hydrogen-bond acceptors (Lipinski definition) is 5. The van der Waals surface area contributed by atoms with Crippen LogP contribution in [-0.4, -0.2) is 54.5 Å². The molecule has 6 nitrogen and oxygen atoms in total. The Hall–Kier alpha value is -1.25. The lowest BCUT2D eigenvalue weighted by Crippen LogP contribution is -2.50. The summed E-state index contributed by atoms with van der Waals surface area (Å²) in [7, 11) is -3.79. The molecule has 8 heteroatoms. The number of ether oxygens (including phenoxy) is 1. The van der Waals surface area contributed by atoms with Gasteiger partial charge < -0.3 is 9.84 Å². The summed E-state index contributed by atoms with van der Waals surface area (Å²) in [5, 5.41) is 9.23. The number of fused-ring (bicyclic) bond motifs is 1. The molecule has 0 aromatic heterocycles. The molecule has 2 aliphatic rings. The van der Waals surface area contributed by atoms with Gasteiger partial charge in [-0.25, -0.2) is 8.42 Å². The fourth-order valence-corrected chi connectivity index (χ4v) is 5.41. The van der Waals surface area contributed by atoms with Gasteiger partial charge in [0.05, 0.1) is 11.5 Å². The van der Waals surface area contributed by atoms with Crippen molar-refractivity contribution in [3.8, 4) is 5.75 Å². The first-order valence-corrected chi connectivity index (χ1v) is 9.18. The summed E-state index contributed by atoms with van der Waals surface area (Å²) in [6.45, 7) is 0.772. The first kappa shape index (κ1) is 14.7. The van der Waals surface area contributed by atoms with E-state index in [1.165, 1.54) is 17.8 Å². The molecule has 0 radical (unpaired) electrons. The van der Waals surface area contributed by atoms with E-state index in [-0.39, 0.29) is 17.2 Å². The van der Waals surface area contributed by atoms with Gasteiger partial charge in [-0.3, -0.25) is 4.79 Å². The third kappa shape index (κ3) is 2.63. The Morgan fingerprint density at radius 2 is 2.24 bits per heavy atom. The lowest BCUT2D eigenvalue weighted by molar-refractivity contribution is -0.140. The number of nitrogens with zero attached hydrogens (tertiary/aromatic N) is 1. The van der Waals surface area contributed by atoms with Gasteiger partial charge >= 0.3 is 5.97 Å². The summed E-state index contributed by atoms with van der Waals surface area (Å²) in [6.07, 6.45) is 0.677. The first-order chi connectivity index (χ1) is 10.00. The molecule has 1 unspecified atom stereocenters. The highest BCUT2D eigenvalue weighted by atomic mass is 32.2. The fraction of sp³-hybridized carbons (Fsp3) is 0.462. The summed E-state index contributed by atoms with van der Waals surface area (Å²) in [6, 6.07) is 3.72. The molecule has 2 aliphatic heterocycles.